The van der Waals surface area contributed by atoms with Gasteiger partial charge in [-0.15, -0.1) is 6.42 Å². The maximum Gasteiger partial charge on any atom is 0.329 e. The molecule has 58 heavy (non-hydrogen) atoms. The molecule has 3 rings (SSSR count). The van der Waals surface area contributed by atoms with Gasteiger partial charge in [0.1, 0.15) is 40.5 Å². The zero-order valence-electron chi connectivity index (χ0n) is 35.3. The van der Waals surface area contributed by atoms with Crippen LogP contribution in [0.4, 0.5) is 10.1 Å². The van der Waals surface area contributed by atoms with Crippen LogP contribution in [0, 0.1) is 32.0 Å². The minimum atomic E-state index is -1.39. The molecule has 0 unspecified atom stereocenters. The van der Waals surface area contributed by atoms with Crippen LogP contribution >= 0.6 is 0 Å². The van der Waals surface area contributed by atoms with E-state index in [0.29, 0.717) is 22.4 Å². The minimum absolute atomic E-state index is 0.0730. The Morgan fingerprint density at radius 1 is 0.845 bits per heavy atom. The number of rotatable bonds is 15. The van der Waals surface area contributed by atoms with E-state index in [1.54, 1.807) is 86.3 Å². The molecule has 15 heteroatoms. The lowest BCUT2D eigenvalue weighted by molar-refractivity contribution is -0.161. The van der Waals surface area contributed by atoms with Crippen LogP contribution in [-0.4, -0.2) is 75.1 Å². The van der Waals surface area contributed by atoms with Gasteiger partial charge in [-0.2, -0.15) is 0 Å². The van der Waals surface area contributed by atoms with Gasteiger partial charge >= 0.3 is 17.9 Å². The van der Waals surface area contributed by atoms with Crippen LogP contribution in [0.5, 0.6) is 0 Å². The van der Waals surface area contributed by atoms with E-state index in [9.17, 15) is 28.8 Å². The van der Waals surface area contributed by atoms with Crippen molar-refractivity contribution in [3.05, 3.63) is 69.0 Å². The van der Waals surface area contributed by atoms with Crippen molar-refractivity contribution in [1.82, 2.24) is 20.6 Å². The van der Waals surface area contributed by atoms with Crippen molar-refractivity contribution in [3.8, 4) is 12.3 Å². The number of ether oxygens (including phenoxy) is 3. The fourth-order valence-corrected chi connectivity index (χ4v) is 5.74. The molecule has 0 saturated heterocycles. The summed E-state index contributed by atoms with van der Waals surface area (Å²) in [5, 5.41) is 5.46. The van der Waals surface area contributed by atoms with E-state index in [0.717, 1.165) is 17.2 Å². The molecule has 2 aromatic carbocycles. The van der Waals surface area contributed by atoms with Crippen molar-refractivity contribution in [2.75, 3.05) is 11.4 Å². The molecule has 0 aliphatic carbocycles. The van der Waals surface area contributed by atoms with Crippen molar-refractivity contribution in [2.24, 2.45) is 0 Å². The second-order valence-corrected chi connectivity index (χ2v) is 17.0. The van der Waals surface area contributed by atoms with Crippen molar-refractivity contribution in [2.45, 2.75) is 137 Å². The Morgan fingerprint density at radius 3 is 1.97 bits per heavy atom. The fourth-order valence-electron chi connectivity index (χ4n) is 5.74. The van der Waals surface area contributed by atoms with Crippen LogP contribution in [0.1, 0.15) is 115 Å². The van der Waals surface area contributed by atoms with Gasteiger partial charge in [-0.3, -0.25) is 19.2 Å². The Morgan fingerprint density at radius 2 is 1.41 bits per heavy atom. The molecular formula is C43H56FN5O9. The number of aryl methyl sites for hydroxylation is 2. The Bertz CT molecular complexity index is 2120. The van der Waals surface area contributed by atoms with Gasteiger partial charge < -0.3 is 34.7 Å². The number of terminal acetylenes is 1. The molecule has 3 N–H and O–H groups in total. The van der Waals surface area contributed by atoms with Gasteiger partial charge in [0.05, 0.1) is 23.0 Å². The molecule has 1 heterocycles. The zero-order chi connectivity index (χ0) is 43.7. The summed E-state index contributed by atoms with van der Waals surface area (Å²) in [6.07, 6.45) is 4.71. The number of nitrogens with one attached hydrogen (secondary N) is 3. The SMILES string of the molecule is C#CCN(Cc1cc2c(=O)[nH]c(C)nc2cc1C)c1ccc(C(=O)N[C@@H](CCC(=O)N[C@H](CCC(=O)OC(C)(C)C)C(=O)OC(C)(C)C)C(=O)OC(C)(C)C)c(F)c1. The number of halogens is 1. The number of amides is 2. The number of hydrogen-bond donors (Lipinski definition) is 3. The van der Waals surface area contributed by atoms with Gasteiger partial charge in [-0.05, 0) is 130 Å². The highest BCUT2D eigenvalue weighted by molar-refractivity contribution is 5.97. The number of aromatic amines is 1. The smallest absolute Gasteiger partial charge is 0.329 e. The quantitative estimate of drug-likeness (QED) is 0.100. The number of benzene rings is 2. The molecule has 314 valence electrons. The number of carbonyl (C=O) groups excluding carboxylic acids is 5. The second kappa shape index (κ2) is 19.1. The monoisotopic (exact) mass is 805 g/mol. The van der Waals surface area contributed by atoms with E-state index in [4.69, 9.17) is 20.6 Å². The topological polar surface area (TPSA) is 186 Å². The maximum absolute atomic E-state index is 15.8. The number of nitrogens with zero attached hydrogens (tertiary/aromatic N) is 2. The Kier molecular flexibility index (Phi) is 15.4. The lowest BCUT2D eigenvalue weighted by Gasteiger charge is -2.26. The van der Waals surface area contributed by atoms with Gasteiger partial charge in [-0.25, -0.2) is 19.0 Å². The highest BCUT2D eigenvalue weighted by Crippen LogP contribution is 2.24. The normalized spacial score (nSPS) is 12.8. The molecule has 0 saturated carbocycles. The number of carbonyl (C=O) groups is 5. The summed E-state index contributed by atoms with van der Waals surface area (Å²) < 4.78 is 32.1. The second-order valence-electron chi connectivity index (χ2n) is 17.0. The van der Waals surface area contributed by atoms with Gasteiger partial charge in [0.25, 0.3) is 11.5 Å². The summed E-state index contributed by atoms with van der Waals surface area (Å²) in [5.74, 6) is -1.69. The molecule has 1 aromatic heterocycles. The van der Waals surface area contributed by atoms with Crippen LogP contribution in [0.2, 0.25) is 0 Å². The van der Waals surface area contributed by atoms with Crippen LogP contribution in [0.25, 0.3) is 10.9 Å². The number of H-pyrrole nitrogens is 1. The first-order valence-corrected chi connectivity index (χ1v) is 19.0. The largest absolute Gasteiger partial charge is 0.460 e. The van der Waals surface area contributed by atoms with Crippen LogP contribution in [0.15, 0.2) is 35.1 Å². The van der Waals surface area contributed by atoms with E-state index < -0.39 is 64.4 Å². The third-order valence-electron chi connectivity index (χ3n) is 8.23. The number of esters is 3. The maximum atomic E-state index is 15.8. The van der Waals surface area contributed by atoms with E-state index in [1.165, 1.54) is 12.1 Å². The number of fused-ring (bicyclic) bond motifs is 1. The van der Waals surface area contributed by atoms with Gasteiger partial charge in [0.2, 0.25) is 5.91 Å². The number of aromatic nitrogens is 2. The van der Waals surface area contributed by atoms with E-state index in [1.807, 2.05) is 6.92 Å². The number of anilines is 1. The molecule has 2 amide bonds. The van der Waals surface area contributed by atoms with E-state index in [-0.39, 0.29) is 49.9 Å². The summed E-state index contributed by atoms with van der Waals surface area (Å²) in [7, 11) is 0. The van der Waals surface area contributed by atoms with Gasteiger partial charge in [0.15, 0.2) is 0 Å². The Labute approximate surface area is 339 Å². The predicted octanol–water partition coefficient (Wildman–Crippen LogP) is 5.49. The third kappa shape index (κ3) is 14.6. The van der Waals surface area contributed by atoms with Crippen LogP contribution in [-0.2, 0) is 39.9 Å². The predicted molar refractivity (Wildman–Crippen MR) is 217 cm³/mol. The molecule has 0 bridgehead atoms. The summed E-state index contributed by atoms with van der Waals surface area (Å²) >= 11 is 0. The Hall–Kier alpha value is -5.78. The molecule has 0 spiro atoms. The summed E-state index contributed by atoms with van der Waals surface area (Å²) in [4.78, 5) is 86.9. The van der Waals surface area contributed by atoms with Crippen LogP contribution < -0.4 is 21.1 Å². The Balaban J connectivity index is 1.80. The molecule has 0 aliphatic heterocycles. The van der Waals surface area contributed by atoms with E-state index in [2.05, 4.69) is 26.5 Å². The highest BCUT2D eigenvalue weighted by Gasteiger charge is 2.31. The first-order valence-electron chi connectivity index (χ1n) is 19.0. The minimum Gasteiger partial charge on any atom is -0.460 e. The molecule has 0 aliphatic rings. The zero-order valence-corrected chi connectivity index (χ0v) is 35.3. The molecule has 0 fully saturated rings. The first-order chi connectivity index (χ1) is 26.7. The first kappa shape index (κ1) is 46.6. The van der Waals surface area contributed by atoms with Crippen molar-refractivity contribution in [1.29, 1.82) is 0 Å². The molecule has 3 aromatic rings. The summed E-state index contributed by atoms with van der Waals surface area (Å²) in [6, 6.07) is 4.81. The standard InChI is InChI=1S/C43H56FN5O9/c1-13-20-49(24-27-22-30-34(21-25(27)2)45-26(3)46-38(30)53)28-14-15-29(31(44)23-28)37(52)48-33(40(55)58-43(10,11)12)16-18-35(50)47-32(39(54)57-42(7,8)9)17-19-36(51)56-41(4,5)6/h1,14-15,21-23,32-33H,16-20,24H2,2-12H3,(H,47,50)(H,48,52)(H,45,46,53)/t32-,33+/m1/s1. The van der Waals surface area contributed by atoms with Gasteiger partial charge in [0, 0.05) is 25.1 Å². The summed E-state index contributed by atoms with van der Waals surface area (Å²) in [5.41, 5.74) is -0.797. The van der Waals surface area contributed by atoms with Crippen molar-refractivity contribution in [3.63, 3.8) is 0 Å². The molecule has 0 radical (unpaired) electrons. The molecule has 2 atom stereocenters. The van der Waals surface area contributed by atoms with Crippen molar-refractivity contribution >= 4 is 46.3 Å². The lowest BCUT2D eigenvalue weighted by atomic mass is 10.0. The third-order valence-corrected chi connectivity index (χ3v) is 8.23. The van der Waals surface area contributed by atoms with Crippen molar-refractivity contribution < 1.29 is 42.6 Å². The molecular weight excluding hydrogens is 749 g/mol. The highest BCUT2D eigenvalue weighted by atomic mass is 19.1. The van der Waals surface area contributed by atoms with Gasteiger partial charge in [-0.1, -0.05) is 5.92 Å². The fraction of sp³-hybridized carbons (Fsp3) is 0.512. The van der Waals surface area contributed by atoms with E-state index >= 15 is 4.39 Å². The average Bonchev–Trinajstić information content (AvgIpc) is 3.06. The average molecular weight is 806 g/mol. The van der Waals surface area contributed by atoms with Crippen LogP contribution in [0.3, 0.4) is 0 Å². The number of hydrogen-bond acceptors (Lipinski definition) is 11. The lowest BCUT2D eigenvalue weighted by Crippen LogP contribution is -2.47. The summed E-state index contributed by atoms with van der Waals surface area (Å²) in [6.45, 7) is 18.8. The molecule has 14 nitrogen and oxygen atoms in total.